The van der Waals surface area contributed by atoms with E-state index < -0.39 is 16.4 Å². The number of sulfonamides is 1. The predicted octanol–water partition coefficient (Wildman–Crippen LogP) is 2.99. The average molecular weight is 785 g/mol. The van der Waals surface area contributed by atoms with Crippen LogP contribution in [0.4, 0.5) is 37.9 Å². The molecule has 1 aliphatic carbocycles. The highest BCUT2D eigenvalue weighted by Crippen LogP contribution is 2.34. The van der Waals surface area contributed by atoms with Gasteiger partial charge in [0.25, 0.3) is 6.43 Å². The Hall–Kier alpha value is -4.95. The van der Waals surface area contributed by atoms with Crippen LogP contribution in [0.3, 0.4) is 0 Å². The number of rotatable bonds is 13. The summed E-state index contributed by atoms with van der Waals surface area (Å²) in [6.07, 6.45) is 8.20. The predicted molar refractivity (Wildman–Crippen MR) is 204 cm³/mol. The maximum Gasteiger partial charge on any atom is 0.398 e. The van der Waals surface area contributed by atoms with Gasteiger partial charge in [0.1, 0.15) is 23.8 Å². The van der Waals surface area contributed by atoms with Crippen molar-refractivity contribution in [1.29, 1.82) is 0 Å². The highest BCUT2D eigenvalue weighted by molar-refractivity contribution is 7.92. The van der Waals surface area contributed by atoms with E-state index in [1.165, 1.54) is 21.3 Å². The summed E-state index contributed by atoms with van der Waals surface area (Å²) in [5, 5.41) is 15.9. The second-order valence-electron chi connectivity index (χ2n) is 14.1. The van der Waals surface area contributed by atoms with Crippen LogP contribution in [0.1, 0.15) is 31.4 Å². The Morgan fingerprint density at radius 1 is 1.00 bits per heavy atom. The van der Waals surface area contributed by atoms with Crippen LogP contribution < -0.4 is 24.2 Å². The summed E-state index contributed by atoms with van der Waals surface area (Å²) in [4.78, 5) is 28.8. The highest BCUT2D eigenvalue weighted by atomic mass is 32.2. The molecular formula is C35H46F2N12O5S. The normalized spacial score (nSPS) is 19.9. The Morgan fingerprint density at radius 3 is 2.35 bits per heavy atom. The molecule has 1 N–H and O–H groups in total. The van der Waals surface area contributed by atoms with Crippen molar-refractivity contribution in [3.8, 4) is 5.88 Å². The van der Waals surface area contributed by atoms with Gasteiger partial charge in [-0.1, -0.05) is 4.98 Å². The number of imidazole rings is 1. The maximum atomic E-state index is 13.2. The topological polar surface area (TPSA) is 173 Å². The third-order valence-corrected chi connectivity index (χ3v) is 11.4. The molecule has 296 valence electrons. The van der Waals surface area contributed by atoms with E-state index in [1.54, 1.807) is 30.4 Å². The number of halogens is 2. The lowest BCUT2D eigenvalue weighted by Gasteiger charge is -2.35. The third-order valence-electron chi connectivity index (χ3n) is 10.3. The van der Waals surface area contributed by atoms with E-state index >= 15 is 0 Å². The van der Waals surface area contributed by atoms with E-state index in [9.17, 15) is 22.4 Å². The Kier molecular flexibility index (Phi) is 11.4. The zero-order valence-electron chi connectivity index (χ0n) is 30.9. The van der Waals surface area contributed by atoms with Crippen molar-refractivity contribution in [2.24, 2.45) is 7.05 Å². The molecule has 4 aromatic heterocycles. The van der Waals surface area contributed by atoms with Crippen molar-refractivity contribution in [1.82, 2.24) is 34.4 Å². The number of morpholine rings is 1. The molecule has 0 unspecified atom stereocenters. The number of pyridine rings is 2. The monoisotopic (exact) mass is 784 g/mol. The molecule has 0 radical (unpaired) electrons. The molecule has 0 spiro atoms. The molecule has 6 heterocycles. The van der Waals surface area contributed by atoms with Crippen molar-refractivity contribution in [2.45, 2.75) is 50.8 Å². The first-order chi connectivity index (χ1) is 26.4. The molecule has 3 fully saturated rings. The molecule has 55 heavy (non-hydrogen) atoms. The summed E-state index contributed by atoms with van der Waals surface area (Å²) in [6, 6.07) is 3.74. The molecule has 1 saturated carbocycles. The summed E-state index contributed by atoms with van der Waals surface area (Å²) in [7, 11) is -2.19. The zero-order chi connectivity index (χ0) is 38.7. The van der Waals surface area contributed by atoms with Gasteiger partial charge in [-0.15, -0.1) is 0 Å². The molecule has 0 atom stereocenters. The van der Waals surface area contributed by atoms with Gasteiger partial charge in [0.05, 0.1) is 80.5 Å². The van der Waals surface area contributed by atoms with Crippen LogP contribution in [-0.4, -0.2) is 138 Å². The van der Waals surface area contributed by atoms with Gasteiger partial charge in [-0.05, 0) is 31.7 Å². The summed E-state index contributed by atoms with van der Waals surface area (Å²) in [5.74, 6) is 1.65. The first-order valence-corrected chi connectivity index (χ1v) is 20.2. The van der Waals surface area contributed by atoms with Crippen LogP contribution in [0.15, 0.2) is 36.9 Å². The van der Waals surface area contributed by atoms with Crippen LogP contribution in [0.25, 0.3) is 10.9 Å². The number of hydrogen-bond acceptors (Lipinski definition) is 14. The standard InChI is InChI=1S/C35H46F2N12O5S/c1-44-27(21-41-35(44)45(2)50)22-49(55(3,51)52)25-16-29-30(38-18-25)17-32(48-12-14-53-15-13-48)43-33(29)54-28-6-4-24(5-7-28)42-34-39-19-26(20-40-34)47-10-8-46(9-11-47)23-31(36)37/h16-21,24,28,31H,2,4-15,22-23H2,1,3H3,(H,39,40,42). The van der Waals surface area contributed by atoms with Gasteiger partial charge in [-0.2, -0.15) is 4.98 Å². The lowest BCUT2D eigenvalue weighted by molar-refractivity contribution is -0.362. The number of hydrogen-bond donors (Lipinski definition) is 1. The third kappa shape index (κ3) is 9.13. The molecule has 0 amide bonds. The number of nitrogens with one attached hydrogen (secondary N) is 1. The molecule has 2 saturated heterocycles. The van der Waals surface area contributed by atoms with Crippen molar-refractivity contribution in [3.05, 3.63) is 47.8 Å². The Bertz CT molecular complexity index is 2070. The lowest BCUT2D eigenvalue weighted by atomic mass is 9.93. The van der Waals surface area contributed by atoms with Gasteiger partial charge < -0.3 is 29.8 Å². The van der Waals surface area contributed by atoms with Crippen LogP contribution in [0, 0.1) is 5.21 Å². The maximum absolute atomic E-state index is 13.2. The van der Waals surface area contributed by atoms with Crippen molar-refractivity contribution >= 4 is 56.7 Å². The largest absolute Gasteiger partial charge is 0.741 e. The van der Waals surface area contributed by atoms with E-state index in [-0.39, 0.29) is 31.2 Å². The molecule has 20 heteroatoms. The number of ether oxygens (including phenoxy) is 2. The SMILES string of the molecule is C=[N+]([O-])c1ncc(CN(c2cnc3cc(N4CCOCC4)nc(OC4CCC(Nc5ncc(N6CCN(CC(F)F)CC6)cn5)CC4)c3c2)S(C)(=O)=O)n1C. The fourth-order valence-electron chi connectivity index (χ4n) is 7.22. The number of alkyl halides is 2. The van der Waals surface area contributed by atoms with Gasteiger partial charge in [0.2, 0.25) is 21.9 Å². The molecule has 7 rings (SSSR count). The number of aromatic nitrogens is 6. The summed E-state index contributed by atoms with van der Waals surface area (Å²) < 4.78 is 67.1. The van der Waals surface area contributed by atoms with E-state index in [4.69, 9.17) is 19.4 Å². The van der Waals surface area contributed by atoms with Gasteiger partial charge in [-0.3, -0.25) is 18.9 Å². The molecule has 2 aliphatic heterocycles. The van der Waals surface area contributed by atoms with Gasteiger partial charge in [-0.25, -0.2) is 31.7 Å². The van der Waals surface area contributed by atoms with Gasteiger partial charge >= 0.3 is 5.95 Å². The smallest absolute Gasteiger partial charge is 0.398 e. The minimum absolute atomic E-state index is 0.0449. The van der Waals surface area contributed by atoms with Crippen LogP contribution >= 0.6 is 0 Å². The first kappa shape index (κ1) is 38.3. The minimum Gasteiger partial charge on any atom is -0.741 e. The fourth-order valence-corrected chi connectivity index (χ4v) is 8.07. The second-order valence-corrected chi connectivity index (χ2v) is 16.0. The second kappa shape index (κ2) is 16.4. The summed E-state index contributed by atoms with van der Waals surface area (Å²) >= 11 is 0. The zero-order valence-corrected chi connectivity index (χ0v) is 31.7. The van der Waals surface area contributed by atoms with Crippen LogP contribution in [0.2, 0.25) is 0 Å². The molecule has 3 aliphatic rings. The van der Waals surface area contributed by atoms with E-state index in [1.807, 2.05) is 6.07 Å². The fraction of sp³-hybridized carbons (Fsp3) is 0.543. The number of fused-ring (bicyclic) bond motifs is 1. The van der Waals surface area contributed by atoms with E-state index in [2.05, 4.69) is 36.8 Å². The quantitative estimate of drug-likeness (QED) is 0.0908. The summed E-state index contributed by atoms with van der Waals surface area (Å²) in [5.41, 5.74) is 2.27. The van der Waals surface area contributed by atoms with Crippen molar-refractivity contribution in [3.63, 3.8) is 0 Å². The van der Waals surface area contributed by atoms with Crippen molar-refractivity contribution < 1.29 is 31.4 Å². The van der Waals surface area contributed by atoms with E-state index in [0.29, 0.717) is 97.2 Å². The average Bonchev–Trinajstić information content (AvgIpc) is 3.54. The molecule has 17 nitrogen and oxygen atoms in total. The van der Waals surface area contributed by atoms with Crippen LogP contribution in [-0.2, 0) is 28.4 Å². The number of nitrogens with zero attached hydrogens (tertiary/aromatic N) is 11. The number of piperazine rings is 1. The lowest BCUT2D eigenvalue weighted by Crippen LogP contribution is -2.47. The minimum atomic E-state index is -3.81. The van der Waals surface area contributed by atoms with Gasteiger partial charge in [0, 0.05) is 58.1 Å². The highest BCUT2D eigenvalue weighted by Gasteiger charge is 2.28. The molecule has 0 bridgehead atoms. The van der Waals surface area contributed by atoms with Crippen LogP contribution in [0.5, 0.6) is 5.88 Å². The Labute approximate surface area is 318 Å². The van der Waals surface area contributed by atoms with E-state index in [0.717, 1.165) is 37.6 Å². The van der Waals surface area contributed by atoms with Gasteiger partial charge in [0.15, 0.2) is 0 Å². The number of anilines is 4. The van der Waals surface area contributed by atoms with Crippen molar-refractivity contribution in [2.75, 3.05) is 84.7 Å². The molecule has 0 aromatic carbocycles. The summed E-state index contributed by atoms with van der Waals surface area (Å²) in [6.45, 7) is 7.95. The Morgan fingerprint density at radius 2 is 1.71 bits per heavy atom. The first-order valence-electron chi connectivity index (χ1n) is 18.3. The Balaban J connectivity index is 1.05. The molecule has 4 aromatic rings. The molecular weight excluding hydrogens is 739 g/mol.